The third-order valence-electron chi connectivity index (χ3n) is 8.66. The maximum Gasteiger partial charge on any atom is 0.410 e. The van der Waals surface area contributed by atoms with Crippen molar-refractivity contribution in [1.29, 1.82) is 0 Å². The Balaban J connectivity index is 1.20. The van der Waals surface area contributed by atoms with E-state index in [0.717, 1.165) is 24.0 Å². The maximum absolute atomic E-state index is 13.4. The van der Waals surface area contributed by atoms with Crippen LogP contribution in [0.2, 0.25) is 0 Å². The van der Waals surface area contributed by atoms with Crippen molar-refractivity contribution >= 4 is 6.09 Å². The van der Waals surface area contributed by atoms with E-state index in [1.807, 2.05) is 4.90 Å². The summed E-state index contributed by atoms with van der Waals surface area (Å²) in [6, 6.07) is 21.2. The highest BCUT2D eigenvalue weighted by Gasteiger charge is 2.51. The number of nitrogens with zero attached hydrogens (tertiary/aromatic N) is 1. The number of hydrogen-bond acceptors (Lipinski definition) is 3. The molecule has 3 aromatic rings. The molecule has 2 fully saturated rings. The van der Waals surface area contributed by atoms with Crippen molar-refractivity contribution in [2.45, 2.75) is 70.1 Å². The number of carbonyl (C=O) groups is 1. The van der Waals surface area contributed by atoms with Crippen LogP contribution in [0.15, 0.2) is 60.7 Å². The molecule has 1 amide bonds. The molecule has 35 heavy (non-hydrogen) atoms. The fourth-order valence-electron chi connectivity index (χ4n) is 6.87. The second-order valence-corrected chi connectivity index (χ2v) is 10.8. The first-order valence-electron chi connectivity index (χ1n) is 12.8. The van der Waals surface area contributed by atoms with E-state index in [2.05, 4.69) is 81.4 Å². The Morgan fingerprint density at radius 1 is 0.886 bits per heavy atom. The average molecular weight is 468 g/mol. The molecule has 0 spiro atoms. The summed E-state index contributed by atoms with van der Waals surface area (Å²) in [5.41, 5.74) is 8.61. The van der Waals surface area contributed by atoms with E-state index in [0.29, 0.717) is 19.4 Å². The van der Waals surface area contributed by atoms with Gasteiger partial charge in [0, 0.05) is 30.8 Å². The van der Waals surface area contributed by atoms with Gasteiger partial charge in [-0.05, 0) is 78.1 Å². The van der Waals surface area contributed by atoms with Crippen LogP contribution in [0.25, 0.3) is 11.1 Å². The predicted octanol–water partition coefficient (Wildman–Crippen LogP) is 6.38. The van der Waals surface area contributed by atoms with Gasteiger partial charge in [0.2, 0.25) is 0 Å². The SMILES string of the molecule is Cc1cc(C)c(C2(O)CC3CCC(C2)N3C(=O)OCC2c3ccccc3-c3ccccc32)cc1C. The number of piperidine rings is 1. The number of aryl methyl sites for hydroxylation is 3. The van der Waals surface area contributed by atoms with Gasteiger partial charge in [-0.1, -0.05) is 60.7 Å². The van der Waals surface area contributed by atoms with Gasteiger partial charge in [-0.3, -0.25) is 0 Å². The van der Waals surface area contributed by atoms with Gasteiger partial charge < -0.3 is 14.7 Å². The van der Waals surface area contributed by atoms with Gasteiger partial charge in [0.1, 0.15) is 6.61 Å². The fraction of sp³-hybridized carbons (Fsp3) is 0.387. The van der Waals surface area contributed by atoms with E-state index in [1.165, 1.54) is 33.4 Å². The molecule has 2 heterocycles. The van der Waals surface area contributed by atoms with Crippen LogP contribution in [0.4, 0.5) is 4.79 Å². The van der Waals surface area contributed by atoms with Crippen LogP contribution in [0, 0.1) is 20.8 Å². The summed E-state index contributed by atoms with van der Waals surface area (Å²) >= 11 is 0. The average Bonchev–Trinajstić information content (AvgIpc) is 3.32. The van der Waals surface area contributed by atoms with Crippen molar-refractivity contribution in [3.05, 3.63) is 94.0 Å². The minimum atomic E-state index is -0.894. The summed E-state index contributed by atoms with van der Waals surface area (Å²) < 4.78 is 6.00. The quantitative estimate of drug-likeness (QED) is 0.487. The van der Waals surface area contributed by atoms with E-state index in [9.17, 15) is 9.90 Å². The third-order valence-corrected chi connectivity index (χ3v) is 8.66. The monoisotopic (exact) mass is 467 g/mol. The number of aliphatic hydroxyl groups is 1. The molecule has 3 aromatic carbocycles. The van der Waals surface area contributed by atoms with Crippen molar-refractivity contribution in [2.75, 3.05) is 6.61 Å². The van der Waals surface area contributed by atoms with Crippen LogP contribution in [0.3, 0.4) is 0 Å². The molecule has 0 radical (unpaired) electrons. The van der Waals surface area contributed by atoms with Gasteiger partial charge in [0.15, 0.2) is 0 Å². The molecule has 3 aliphatic rings. The Morgan fingerprint density at radius 2 is 1.43 bits per heavy atom. The lowest BCUT2D eigenvalue weighted by atomic mass is 9.78. The predicted molar refractivity (Wildman–Crippen MR) is 138 cm³/mol. The molecule has 2 bridgehead atoms. The molecule has 180 valence electrons. The molecule has 6 rings (SSSR count). The standard InChI is InChI=1S/C31H33NO3/c1-19-14-21(3)29(15-20(19)2)31(34)16-22-12-13-23(17-31)32(22)30(33)35-18-28-26-10-6-4-8-24(26)25-9-5-7-11-27(25)28/h4-11,14-15,22-23,28,34H,12-13,16-18H2,1-3H3. The number of fused-ring (bicyclic) bond motifs is 5. The van der Waals surface area contributed by atoms with Gasteiger partial charge in [0.05, 0.1) is 5.60 Å². The van der Waals surface area contributed by atoms with Crippen LogP contribution in [-0.2, 0) is 10.3 Å². The van der Waals surface area contributed by atoms with E-state index in [-0.39, 0.29) is 24.1 Å². The zero-order valence-electron chi connectivity index (χ0n) is 20.8. The molecule has 4 heteroatoms. The summed E-state index contributed by atoms with van der Waals surface area (Å²) in [6.45, 7) is 6.63. The molecule has 2 unspecified atom stereocenters. The van der Waals surface area contributed by atoms with Crippen LogP contribution < -0.4 is 0 Å². The summed E-state index contributed by atoms with van der Waals surface area (Å²) in [6.07, 6.45) is 2.73. The Morgan fingerprint density at radius 3 is 2.03 bits per heavy atom. The Kier molecular flexibility index (Phi) is 5.26. The summed E-state index contributed by atoms with van der Waals surface area (Å²) in [5, 5.41) is 11.8. The highest BCUT2D eigenvalue weighted by molar-refractivity contribution is 5.79. The first-order chi connectivity index (χ1) is 16.9. The molecule has 2 atom stereocenters. The lowest BCUT2D eigenvalue weighted by molar-refractivity contribution is -0.0535. The number of amides is 1. The van der Waals surface area contributed by atoms with Gasteiger partial charge in [-0.25, -0.2) is 4.79 Å². The molecule has 1 aliphatic carbocycles. The van der Waals surface area contributed by atoms with E-state index in [1.54, 1.807) is 0 Å². The van der Waals surface area contributed by atoms with Crippen molar-refractivity contribution in [3.8, 4) is 11.1 Å². The minimum Gasteiger partial charge on any atom is -0.448 e. The number of ether oxygens (including phenoxy) is 1. The highest BCUT2D eigenvalue weighted by Crippen LogP contribution is 2.48. The summed E-state index contributed by atoms with van der Waals surface area (Å²) in [5.74, 6) is 0.0592. The zero-order chi connectivity index (χ0) is 24.3. The van der Waals surface area contributed by atoms with Crippen LogP contribution in [0.5, 0.6) is 0 Å². The molecule has 2 aliphatic heterocycles. The highest BCUT2D eigenvalue weighted by atomic mass is 16.6. The molecule has 4 nitrogen and oxygen atoms in total. The number of carbonyl (C=O) groups excluding carboxylic acids is 1. The van der Waals surface area contributed by atoms with Gasteiger partial charge in [-0.15, -0.1) is 0 Å². The van der Waals surface area contributed by atoms with Crippen molar-refractivity contribution in [1.82, 2.24) is 4.90 Å². The largest absolute Gasteiger partial charge is 0.448 e. The van der Waals surface area contributed by atoms with Crippen LogP contribution in [-0.4, -0.2) is 34.8 Å². The number of benzene rings is 3. The smallest absolute Gasteiger partial charge is 0.410 e. The Bertz CT molecular complexity index is 1250. The number of rotatable bonds is 3. The van der Waals surface area contributed by atoms with E-state index < -0.39 is 5.60 Å². The van der Waals surface area contributed by atoms with Gasteiger partial charge in [-0.2, -0.15) is 0 Å². The first kappa shape index (κ1) is 22.4. The lowest BCUT2D eigenvalue weighted by Crippen LogP contribution is -2.52. The molecule has 1 N–H and O–H groups in total. The topological polar surface area (TPSA) is 49.8 Å². The second-order valence-electron chi connectivity index (χ2n) is 10.8. The molecule has 2 saturated heterocycles. The van der Waals surface area contributed by atoms with Crippen molar-refractivity contribution < 1.29 is 14.6 Å². The van der Waals surface area contributed by atoms with E-state index in [4.69, 9.17) is 4.74 Å². The third kappa shape index (κ3) is 3.58. The van der Waals surface area contributed by atoms with Gasteiger partial charge >= 0.3 is 6.09 Å². The summed E-state index contributed by atoms with van der Waals surface area (Å²) in [4.78, 5) is 15.3. The maximum atomic E-state index is 13.4. The molecule has 0 aromatic heterocycles. The fourth-order valence-corrected chi connectivity index (χ4v) is 6.87. The minimum absolute atomic E-state index is 0.00964. The van der Waals surface area contributed by atoms with Crippen molar-refractivity contribution in [2.24, 2.45) is 0 Å². The lowest BCUT2D eigenvalue weighted by Gasteiger charge is -2.44. The van der Waals surface area contributed by atoms with E-state index >= 15 is 0 Å². The van der Waals surface area contributed by atoms with Crippen LogP contribution >= 0.6 is 0 Å². The first-order valence-corrected chi connectivity index (χ1v) is 12.8. The van der Waals surface area contributed by atoms with Gasteiger partial charge in [0.25, 0.3) is 0 Å². The van der Waals surface area contributed by atoms with Crippen LogP contribution in [0.1, 0.15) is 65.0 Å². The van der Waals surface area contributed by atoms with Crippen molar-refractivity contribution in [3.63, 3.8) is 0 Å². The normalized spacial score (nSPS) is 24.9. The molecular formula is C31H33NO3. The zero-order valence-corrected chi connectivity index (χ0v) is 20.8. The molecule has 0 saturated carbocycles. The Labute approximate surface area is 207 Å². The Hall–Kier alpha value is -3.11. The number of hydrogen-bond donors (Lipinski definition) is 1. The molecular weight excluding hydrogens is 434 g/mol. The second kappa shape index (κ2) is 8.23. The summed E-state index contributed by atoms with van der Waals surface area (Å²) in [7, 11) is 0.